The number of hydrogen-bond donors (Lipinski definition) is 1. The van der Waals surface area contributed by atoms with Gasteiger partial charge in [-0.05, 0) is 31.6 Å². The van der Waals surface area contributed by atoms with Crippen molar-refractivity contribution >= 4 is 11.9 Å². The maximum absolute atomic E-state index is 11.5. The Morgan fingerprint density at radius 2 is 2.07 bits per heavy atom. The van der Waals surface area contributed by atoms with Gasteiger partial charge in [0.2, 0.25) is 0 Å². The van der Waals surface area contributed by atoms with Gasteiger partial charge in [-0.15, -0.1) is 0 Å². The van der Waals surface area contributed by atoms with Crippen molar-refractivity contribution in [3.63, 3.8) is 0 Å². The molecule has 0 radical (unpaired) electrons. The molecular formula is C10H14O4. The molecular weight excluding hydrogens is 184 g/mol. The molecule has 0 spiro atoms. The molecule has 0 aromatic heterocycles. The third-order valence-corrected chi connectivity index (χ3v) is 3.65. The predicted octanol–water partition coefficient (Wildman–Crippen LogP) is 1.05. The molecule has 0 aliphatic heterocycles. The van der Waals surface area contributed by atoms with Gasteiger partial charge in [0.15, 0.2) is 0 Å². The van der Waals surface area contributed by atoms with Crippen LogP contribution in [0.4, 0.5) is 0 Å². The second-order valence-corrected chi connectivity index (χ2v) is 4.37. The van der Waals surface area contributed by atoms with E-state index in [0.29, 0.717) is 18.8 Å². The van der Waals surface area contributed by atoms with E-state index in [1.165, 1.54) is 7.11 Å². The Hall–Kier alpha value is -1.06. The number of rotatable bonds is 2. The van der Waals surface area contributed by atoms with Crippen LogP contribution in [0.5, 0.6) is 0 Å². The van der Waals surface area contributed by atoms with E-state index < -0.39 is 11.4 Å². The zero-order chi connectivity index (χ0) is 10.3. The molecule has 78 valence electrons. The largest absolute Gasteiger partial charge is 0.481 e. The highest BCUT2D eigenvalue weighted by Gasteiger charge is 2.63. The molecule has 2 rings (SSSR count). The minimum atomic E-state index is -0.779. The lowest BCUT2D eigenvalue weighted by atomic mass is 9.81. The summed E-state index contributed by atoms with van der Waals surface area (Å²) in [4.78, 5) is 22.3. The normalized spacial score (nSPS) is 39.8. The number of methoxy groups -OCH3 is 1. The SMILES string of the molecule is COC(=O)C12CC(C(=O)O)CCC1C2. The van der Waals surface area contributed by atoms with Crippen LogP contribution < -0.4 is 0 Å². The molecule has 4 heteroatoms. The van der Waals surface area contributed by atoms with Gasteiger partial charge in [0, 0.05) is 0 Å². The summed E-state index contributed by atoms with van der Waals surface area (Å²) in [6.07, 6.45) is 2.86. The highest BCUT2D eigenvalue weighted by Crippen LogP contribution is 2.63. The zero-order valence-electron chi connectivity index (χ0n) is 8.16. The van der Waals surface area contributed by atoms with Gasteiger partial charge in [0.1, 0.15) is 0 Å². The summed E-state index contributed by atoms with van der Waals surface area (Å²) >= 11 is 0. The highest BCUT2D eigenvalue weighted by atomic mass is 16.5. The summed E-state index contributed by atoms with van der Waals surface area (Å²) in [6.45, 7) is 0. The molecule has 0 aromatic carbocycles. The minimum Gasteiger partial charge on any atom is -0.481 e. The number of carbonyl (C=O) groups is 2. The molecule has 3 unspecified atom stereocenters. The van der Waals surface area contributed by atoms with Crippen molar-refractivity contribution in [3.05, 3.63) is 0 Å². The fraction of sp³-hybridized carbons (Fsp3) is 0.800. The Kier molecular flexibility index (Phi) is 2.01. The molecule has 0 heterocycles. The van der Waals surface area contributed by atoms with Crippen LogP contribution in [-0.2, 0) is 14.3 Å². The molecule has 2 aliphatic rings. The van der Waals surface area contributed by atoms with Gasteiger partial charge >= 0.3 is 11.9 Å². The lowest BCUT2D eigenvalue weighted by molar-refractivity contribution is -0.152. The Morgan fingerprint density at radius 1 is 1.36 bits per heavy atom. The van der Waals surface area contributed by atoms with Crippen LogP contribution >= 0.6 is 0 Å². The number of ether oxygens (including phenoxy) is 1. The molecule has 4 nitrogen and oxygen atoms in total. The van der Waals surface area contributed by atoms with Crippen LogP contribution in [0.3, 0.4) is 0 Å². The van der Waals surface area contributed by atoms with E-state index in [0.717, 1.165) is 12.8 Å². The van der Waals surface area contributed by atoms with Crippen LogP contribution in [0.15, 0.2) is 0 Å². The summed E-state index contributed by atoms with van der Waals surface area (Å²) in [5.41, 5.74) is -0.434. The fourth-order valence-electron chi connectivity index (χ4n) is 2.70. The van der Waals surface area contributed by atoms with E-state index in [9.17, 15) is 9.59 Å². The van der Waals surface area contributed by atoms with E-state index >= 15 is 0 Å². The van der Waals surface area contributed by atoms with Gasteiger partial charge in [-0.1, -0.05) is 0 Å². The summed E-state index contributed by atoms with van der Waals surface area (Å²) in [7, 11) is 1.37. The van der Waals surface area contributed by atoms with Crippen molar-refractivity contribution in [2.75, 3.05) is 7.11 Å². The van der Waals surface area contributed by atoms with Crippen molar-refractivity contribution in [1.29, 1.82) is 0 Å². The van der Waals surface area contributed by atoms with Crippen LogP contribution in [0.2, 0.25) is 0 Å². The number of esters is 1. The molecule has 0 saturated heterocycles. The van der Waals surface area contributed by atoms with Gasteiger partial charge in [-0.3, -0.25) is 9.59 Å². The molecule has 14 heavy (non-hydrogen) atoms. The smallest absolute Gasteiger partial charge is 0.312 e. The third-order valence-electron chi connectivity index (χ3n) is 3.65. The molecule has 0 bridgehead atoms. The first kappa shape index (κ1) is 9.49. The fourth-order valence-corrected chi connectivity index (χ4v) is 2.70. The number of hydrogen-bond acceptors (Lipinski definition) is 3. The van der Waals surface area contributed by atoms with Crippen LogP contribution in [-0.4, -0.2) is 24.2 Å². The Morgan fingerprint density at radius 3 is 2.64 bits per heavy atom. The number of carboxylic acid groups (broad SMARTS) is 1. The van der Waals surface area contributed by atoms with Crippen molar-refractivity contribution in [1.82, 2.24) is 0 Å². The lowest BCUT2D eigenvalue weighted by Gasteiger charge is -2.24. The van der Waals surface area contributed by atoms with E-state index in [-0.39, 0.29) is 11.9 Å². The molecule has 1 N–H and O–H groups in total. The van der Waals surface area contributed by atoms with E-state index in [4.69, 9.17) is 9.84 Å². The lowest BCUT2D eigenvalue weighted by Crippen LogP contribution is -2.30. The van der Waals surface area contributed by atoms with Gasteiger partial charge in [0.05, 0.1) is 18.4 Å². The Bertz CT molecular complexity index is 286. The van der Waals surface area contributed by atoms with E-state index in [1.54, 1.807) is 0 Å². The van der Waals surface area contributed by atoms with Crippen LogP contribution in [0.1, 0.15) is 25.7 Å². The third kappa shape index (κ3) is 1.21. The minimum absolute atomic E-state index is 0.214. The second kappa shape index (κ2) is 2.97. The summed E-state index contributed by atoms with van der Waals surface area (Å²) in [5, 5.41) is 8.89. The van der Waals surface area contributed by atoms with Crippen molar-refractivity contribution in [3.8, 4) is 0 Å². The zero-order valence-corrected chi connectivity index (χ0v) is 8.16. The van der Waals surface area contributed by atoms with Gasteiger partial charge < -0.3 is 9.84 Å². The Labute approximate surface area is 82.2 Å². The van der Waals surface area contributed by atoms with Crippen molar-refractivity contribution in [2.24, 2.45) is 17.3 Å². The number of carbonyl (C=O) groups excluding carboxylic acids is 1. The van der Waals surface area contributed by atoms with E-state index in [1.807, 2.05) is 0 Å². The molecule has 2 aliphatic carbocycles. The monoisotopic (exact) mass is 198 g/mol. The summed E-state index contributed by atoms with van der Waals surface area (Å²) < 4.78 is 4.73. The number of aliphatic carboxylic acids is 1. The van der Waals surface area contributed by atoms with Crippen LogP contribution in [0.25, 0.3) is 0 Å². The molecule has 3 atom stereocenters. The van der Waals surface area contributed by atoms with Gasteiger partial charge in [0.25, 0.3) is 0 Å². The van der Waals surface area contributed by atoms with Crippen molar-refractivity contribution in [2.45, 2.75) is 25.7 Å². The van der Waals surface area contributed by atoms with Gasteiger partial charge in [-0.2, -0.15) is 0 Å². The summed E-state index contributed by atoms with van der Waals surface area (Å²) in [6, 6.07) is 0. The van der Waals surface area contributed by atoms with Gasteiger partial charge in [-0.25, -0.2) is 0 Å². The maximum Gasteiger partial charge on any atom is 0.312 e. The number of fused-ring (bicyclic) bond motifs is 1. The highest BCUT2D eigenvalue weighted by molar-refractivity contribution is 5.82. The maximum atomic E-state index is 11.5. The molecule has 0 aromatic rings. The first-order valence-electron chi connectivity index (χ1n) is 4.91. The first-order valence-corrected chi connectivity index (χ1v) is 4.91. The average molecular weight is 198 g/mol. The first-order chi connectivity index (χ1) is 6.60. The van der Waals surface area contributed by atoms with Crippen LogP contribution in [0, 0.1) is 17.3 Å². The van der Waals surface area contributed by atoms with E-state index in [2.05, 4.69) is 0 Å². The predicted molar refractivity (Wildman–Crippen MR) is 47.5 cm³/mol. The topological polar surface area (TPSA) is 63.6 Å². The van der Waals surface area contributed by atoms with Crippen molar-refractivity contribution < 1.29 is 19.4 Å². The average Bonchev–Trinajstić information content (AvgIpc) is 2.90. The molecule has 0 amide bonds. The standard InChI is InChI=1S/C10H14O4/c1-14-9(13)10-4-6(8(11)12)2-3-7(10)5-10/h6-7H,2-5H2,1H3,(H,11,12). The molecule has 2 saturated carbocycles. The quantitative estimate of drug-likeness (QED) is 0.673. The summed E-state index contributed by atoms with van der Waals surface area (Å²) in [5.74, 6) is -0.967. The molecule has 2 fully saturated rings. The number of carboxylic acids is 1. The Balaban J connectivity index is 2.09. The second-order valence-electron chi connectivity index (χ2n) is 4.37.